The number of ether oxygens (including phenoxy) is 2. The SMILES string of the molecule is CC#C[C@H](C)Oc1cc(N)c(Cl)cc1C(=O)N[N+]1(C)C2CCCC1CC(OCC)C2.Cl. The van der Waals surface area contributed by atoms with Gasteiger partial charge in [0.2, 0.25) is 0 Å². The molecule has 0 radical (unpaired) electrons. The lowest BCUT2D eigenvalue weighted by molar-refractivity contribution is -0.998. The summed E-state index contributed by atoms with van der Waals surface area (Å²) in [5, 5.41) is 0.333. The Bertz CT molecular complexity index is 838. The molecule has 0 saturated carbocycles. The third-order valence-electron chi connectivity index (χ3n) is 6.40. The highest BCUT2D eigenvalue weighted by Crippen LogP contribution is 2.39. The van der Waals surface area contributed by atoms with Crippen LogP contribution in [-0.2, 0) is 4.74 Å². The number of nitrogens with two attached hydrogens (primary N) is 1. The Morgan fingerprint density at radius 1 is 1.35 bits per heavy atom. The minimum absolute atomic E-state index is 0. The van der Waals surface area contributed by atoms with Gasteiger partial charge in [0.1, 0.15) is 17.8 Å². The van der Waals surface area contributed by atoms with Gasteiger partial charge in [0.15, 0.2) is 6.10 Å². The van der Waals surface area contributed by atoms with Gasteiger partial charge in [-0.3, -0.25) is 4.79 Å². The maximum Gasteiger partial charge on any atom is 0.299 e. The number of quaternary nitrogens is 1. The predicted octanol–water partition coefficient (Wildman–Crippen LogP) is 4.35. The smallest absolute Gasteiger partial charge is 0.299 e. The fourth-order valence-electron chi connectivity index (χ4n) is 4.90. The summed E-state index contributed by atoms with van der Waals surface area (Å²) in [6, 6.07) is 3.85. The third-order valence-corrected chi connectivity index (χ3v) is 6.73. The summed E-state index contributed by atoms with van der Waals surface area (Å²) in [7, 11) is 2.12. The summed E-state index contributed by atoms with van der Waals surface area (Å²) in [4.78, 5) is 13.4. The molecule has 172 valence electrons. The van der Waals surface area contributed by atoms with Crippen molar-refractivity contribution in [3.8, 4) is 17.6 Å². The molecule has 3 N–H and O–H groups in total. The number of piperidine rings is 2. The third kappa shape index (κ3) is 5.59. The second kappa shape index (κ2) is 10.8. The molecule has 3 rings (SSSR count). The largest absolute Gasteiger partial charge is 0.477 e. The minimum Gasteiger partial charge on any atom is -0.477 e. The van der Waals surface area contributed by atoms with E-state index >= 15 is 0 Å². The summed E-state index contributed by atoms with van der Waals surface area (Å²) in [5.41, 5.74) is 10.0. The van der Waals surface area contributed by atoms with Crippen LogP contribution in [0.2, 0.25) is 5.02 Å². The maximum atomic E-state index is 13.4. The number of amides is 1. The van der Waals surface area contributed by atoms with Crippen LogP contribution in [0.5, 0.6) is 5.75 Å². The number of rotatable bonds is 6. The van der Waals surface area contributed by atoms with E-state index in [9.17, 15) is 4.79 Å². The summed E-state index contributed by atoms with van der Waals surface area (Å²) in [6.07, 6.45) is 5.15. The van der Waals surface area contributed by atoms with E-state index in [1.807, 2.05) is 13.8 Å². The second-order valence-electron chi connectivity index (χ2n) is 8.40. The first-order chi connectivity index (χ1) is 14.3. The van der Waals surface area contributed by atoms with Gasteiger partial charge in [-0.15, -0.1) is 18.3 Å². The van der Waals surface area contributed by atoms with Crippen molar-refractivity contribution in [3.63, 3.8) is 0 Å². The molecule has 2 fully saturated rings. The Kier molecular flexibility index (Phi) is 8.91. The van der Waals surface area contributed by atoms with Crippen molar-refractivity contribution in [2.24, 2.45) is 0 Å². The molecule has 2 heterocycles. The van der Waals surface area contributed by atoms with Crippen molar-refractivity contribution >= 4 is 35.6 Å². The zero-order chi connectivity index (χ0) is 21.9. The number of fused-ring (bicyclic) bond motifs is 2. The summed E-state index contributed by atoms with van der Waals surface area (Å²) in [5.74, 6) is 5.95. The molecular formula is C23H34Cl2N3O3+. The number of hydrogen-bond acceptors (Lipinski definition) is 4. The zero-order valence-electron chi connectivity index (χ0n) is 18.7. The first kappa shape index (κ1) is 25.6. The van der Waals surface area contributed by atoms with Gasteiger partial charge in [-0.2, -0.15) is 5.43 Å². The average molecular weight is 471 g/mol. The van der Waals surface area contributed by atoms with Gasteiger partial charge >= 0.3 is 0 Å². The zero-order valence-corrected chi connectivity index (χ0v) is 20.3. The number of halogens is 2. The van der Waals surface area contributed by atoms with E-state index in [-0.39, 0.29) is 30.5 Å². The molecule has 0 aliphatic carbocycles. The number of benzene rings is 1. The van der Waals surface area contributed by atoms with Gasteiger partial charge in [-0.05, 0) is 33.3 Å². The summed E-state index contributed by atoms with van der Waals surface area (Å²) >= 11 is 6.24. The molecule has 0 spiro atoms. The Hall–Kier alpha value is -1.65. The number of carbonyl (C=O) groups is 1. The highest BCUT2D eigenvalue weighted by molar-refractivity contribution is 6.33. The van der Waals surface area contributed by atoms with Gasteiger partial charge in [0.25, 0.3) is 5.91 Å². The lowest BCUT2D eigenvalue weighted by Crippen LogP contribution is -2.72. The van der Waals surface area contributed by atoms with Gasteiger partial charge in [-0.1, -0.05) is 17.5 Å². The standard InChI is InChI=1S/C23H32ClN3O3.ClH/c1-5-8-15(3)30-22-14-21(25)20(24)13-19(22)23(28)26-27(4)16-9-7-10-17(27)12-18(11-16)29-6-2;/h13-18H,6-7,9-12H2,1-4H3,(H2-,25,26,28);1H/p+1/t15-,16?,17?,18?,27?;/m0./s1. The highest BCUT2D eigenvalue weighted by Gasteiger charge is 2.51. The summed E-state index contributed by atoms with van der Waals surface area (Å²) in [6.45, 7) is 6.35. The highest BCUT2D eigenvalue weighted by atomic mass is 35.5. The van der Waals surface area contributed by atoms with Crippen LogP contribution in [-0.4, -0.2) is 48.4 Å². The molecule has 1 aromatic carbocycles. The van der Waals surface area contributed by atoms with Crippen LogP contribution in [0.3, 0.4) is 0 Å². The van der Waals surface area contributed by atoms with Crippen LogP contribution >= 0.6 is 24.0 Å². The van der Waals surface area contributed by atoms with E-state index in [4.69, 9.17) is 26.8 Å². The van der Waals surface area contributed by atoms with Gasteiger partial charge < -0.3 is 15.2 Å². The normalized spacial score (nSPS) is 27.8. The molecule has 8 heteroatoms. The monoisotopic (exact) mass is 470 g/mol. The molecule has 31 heavy (non-hydrogen) atoms. The molecule has 2 unspecified atom stereocenters. The van der Waals surface area contributed by atoms with Gasteiger partial charge in [0, 0.05) is 38.4 Å². The molecule has 2 bridgehead atoms. The fourth-order valence-corrected chi connectivity index (χ4v) is 5.06. The molecular weight excluding hydrogens is 437 g/mol. The van der Waals surface area contributed by atoms with E-state index in [0.29, 0.717) is 38.7 Å². The molecule has 0 aromatic heterocycles. The Labute approximate surface area is 196 Å². The number of anilines is 1. The average Bonchev–Trinajstić information content (AvgIpc) is 2.65. The van der Waals surface area contributed by atoms with E-state index in [0.717, 1.165) is 32.3 Å². The van der Waals surface area contributed by atoms with Crippen LogP contribution in [0.15, 0.2) is 12.1 Å². The van der Waals surface area contributed by atoms with Crippen molar-refractivity contribution in [2.75, 3.05) is 19.4 Å². The Morgan fingerprint density at radius 3 is 2.58 bits per heavy atom. The van der Waals surface area contributed by atoms with Crippen LogP contribution < -0.4 is 15.9 Å². The summed E-state index contributed by atoms with van der Waals surface area (Å²) < 4.78 is 12.4. The molecule has 1 amide bonds. The lowest BCUT2D eigenvalue weighted by atomic mass is 9.82. The molecule has 3 atom stereocenters. The number of nitrogens with one attached hydrogen (secondary N) is 1. The molecule has 2 aliphatic rings. The second-order valence-corrected chi connectivity index (χ2v) is 8.81. The van der Waals surface area contributed by atoms with E-state index in [1.54, 1.807) is 19.1 Å². The molecule has 2 aliphatic heterocycles. The Morgan fingerprint density at radius 2 is 2.00 bits per heavy atom. The number of nitrogen functional groups attached to an aromatic ring is 1. The first-order valence-corrected chi connectivity index (χ1v) is 11.1. The Balaban J connectivity index is 0.00000341. The van der Waals surface area contributed by atoms with Crippen LogP contribution in [0.1, 0.15) is 63.2 Å². The minimum atomic E-state index is -0.367. The first-order valence-electron chi connectivity index (χ1n) is 10.8. The van der Waals surface area contributed by atoms with Crippen molar-refractivity contribution in [1.29, 1.82) is 0 Å². The fraction of sp³-hybridized carbons (Fsp3) is 0.609. The van der Waals surface area contributed by atoms with E-state index in [2.05, 4.69) is 24.3 Å². The van der Waals surface area contributed by atoms with Crippen molar-refractivity contribution in [2.45, 2.75) is 77.2 Å². The van der Waals surface area contributed by atoms with Gasteiger partial charge in [0.05, 0.1) is 29.4 Å². The molecule has 6 nitrogen and oxygen atoms in total. The number of carbonyl (C=O) groups excluding carboxylic acids is 1. The quantitative estimate of drug-likeness (QED) is 0.368. The van der Waals surface area contributed by atoms with Crippen molar-refractivity contribution in [3.05, 3.63) is 22.7 Å². The van der Waals surface area contributed by atoms with Crippen LogP contribution in [0, 0.1) is 11.8 Å². The molecule has 1 aromatic rings. The maximum absolute atomic E-state index is 13.4. The topological polar surface area (TPSA) is 73.6 Å². The predicted molar refractivity (Wildman–Crippen MR) is 126 cm³/mol. The van der Waals surface area contributed by atoms with Gasteiger partial charge in [-0.25, -0.2) is 4.59 Å². The lowest BCUT2D eigenvalue weighted by Gasteiger charge is -2.53. The van der Waals surface area contributed by atoms with Crippen molar-refractivity contribution < 1.29 is 18.9 Å². The van der Waals surface area contributed by atoms with E-state index < -0.39 is 0 Å². The number of hydrogen-bond donors (Lipinski definition) is 2. The van der Waals surface area contributed by atoms with Crippen LogP contribution in [0.25, 0.3) is 0 Å². The van der Waals surface area contributed by atoms with E-state index in [1.165, 1.54) is 6.42 Å². The number of nitrogens with zero attached hydrogens (tertiary/aromatic N) is 1. The van der Waals surface area contributed by atoms with Crippen molar-refractivity contribution in [1.82, 2.24) is 5.43 Å². The molecule has 2 saturated heterocycles. The van der Waals surface area contributed by atoms with Crippen LogP contribution in [0.4, 0.5) is 5.69 Å².